The number of unbranched alkanes of at least 4 members (excludes halogenated alkanes) is 1. The van der Waals surface area contributed by atoms with Gasteiger partial charge in [0.15, 0.2) is 11.9 Å². The molecule has 1 atom stereocenters. The van der Waals surface area contributed by atoms with Crippen LogP contribution in [0.25, 0.3) is 11.0 Å². The molecule has 1 aliphatic rings. The number of imidazole rings is 1. The second-order valence-corrected chi connectivity index (χ2v) is 9.62. The molecule has 0 spiro atoms. The summed E-state index contributed by atoms with van der Waals surface area (Å²) in [5.41, 5.74) is 0.678. The lowest BCUT2D eigenvalue weighted by molar-refractivity contribution is -0.155. The molecule has 3 rings (SSSR count). The van der Waals surface area contributed by atoms with Crippen LogP contribution in [0.4, 0.5) is 8.78 Å². The maximum Gasteiger partial charge on any atom is 0.320 e. The quantitative estimate of drug-likeness (QED) is 0.579. The predicted molar refractivity (Wildman–Crippen MR) is 108 cm³/mol. The zero-order chi connectivity index (χ0) is 21.9. The van der Waals surface area contributed by atoms with E-state index in [0.717, 1.165) is 11.0 Å². The molecule has 1 fully saturated rings. The van der Waals surface area contributed by atoms with Gasteiger partial charge in [0, 0.05) is 13.1 Å². The Kier molecular flexibility index (Phi) is 7.07. The van der Waals surface area contributed by atoms with Gasteiger partial charge in [-0.05, 0) is 38.3 Å². The van der Waals surface area contributed by atoms with Gasteiger partial charge in [0.25, 0.3) is 0 Å². The molecule has 2 aromatic rings. The van der Waals surface area contributed by atoms with Crippen LogP contribution < -0.4 is 0 Å². The molecule has 0 saturated carbocycles. The maximum absolute atomic E-state index is 13.6. The highest BCUT2D eigenvalue weighted by Gasteiger charge is 2.33. The van der Waals surface area contributed by atoms with Crippen LogP contribution in [-0.4, -0.2) is 47.1 Å². The normalized spacial score (nSPS) is 17.5. The summed E-state index contributed by atoms with van der Waals surface area (Å²) in [5.74, 6) is -0.881. The minimum absolute atomic E-state index is 0.0147. The standard InChI is InChI=1S/C20H27F2N3O4S/c1-3-4-13-30(27,28)24-11-9-15(10-12-24)19(26)29-14(2)18-23-16-7-5-6-8-17(16)25(18)20(21)22/h5-8,14-15,20H,3-4,9-13H2,1-2H3. The van der Waals surface area contributed by atoms with E-state index in [4.69, 9.17) is 4.74 Å². The second-order valence-electron chi connectivity index (χ2n) is 7.53. The molecule has 1 aliphatic heterocycles. The van der Waals surface area contributed by atoms with Crippen molar-refractivity contribution >= 4 is 27.0 Å². The Morgan fingerprint density at radius 1 is 1.27 bits per heavy atom. The number of sulfonamides is 1. The first kappa shape index (κ1) is 22.6. The SMILES string of the molecule is CCCCS(=O)(=O)N1CCC(C(=O)OC(C)c2nc3ccccc3n2C(F)F)CC1. The molecule has 30 heavy (non-hydrogen) atoms. The van der Waals surface area contributed by atoms with E-state index in [0.29, 0.717) is 24.8 Å². The molecule has 10 heteroatoms. The molecule has 1 aromatic heterocycles. The summed E-state index contributed by atoms with van der Waals surface area (Å²) in [4.78, 5) is 16.8. The average molecular weight is 444 g/mol. The largest absolute Gasteiger partial charge is 0.454 e. The number of ether oxygens (including phenoxy) is 1. The third kappa shape index (κ3) is 4.80. The van der Waals surface area contributed by atoms with Crippen molar-refractivity contribution in [2.75, 3.05) is 18.8 Å². The van der Waals surface area contributed by atoms with Crippen LogP contribution >= 0.6 is 0 Å². The first-order chi connectivity index (χ1) is 14.2. The van der Waals surface area contributed by atoms with Crippen LogP contribution in [0, 0.1) is 5.92 Å². The minimum Gasteiger partial charge on any atom is -0.454 e. The molecule has 0 amide bonds. The van der Waals surface area contributed by atoms with Gasteiger partial charge < -0.3 is 4.74 Å². The molecule has 2 heterocycles. The number of hydrogen-bond donors (Lipinski definition) is 0. The number of aromatic nitrogens is 2. The Balaban J connectivity index is 1.65. The number of fused-ring (bicyclic) bond motifs is 1. The fourth-order valence-corrected chi connectivity index (χ4v) is 5.38. The highest BCUT2D eigenvalue weighted by Crippen LogP contribution is 2.30. The summed E-state index contributed by atoms with van der Waals surface area (Å²) < 4.78 is 59.5. The fraction of sp³-hybridized carbons (Fsp3) is 0.600. The Morgan fingerprint density at radius 3 is 2.57 bits per heavy atom. The number of carbonyl (C=O) groups excluding carboxylic acids is 1. The predicted octanol–water partition coefficient (Wildman–Crippen LogP) is 3.88. The third-order valence-electron chi connectivity index (χ3n) is 5.41. The van der Waals surface area contributed by atoms with Crippen molar-refractivity contribution in [3.8, 4) is 0 Å². The highest BCUT2D eigenvalue weighted by molar-refractivity contribution is 7.89. The lowest BCUT2D eigenvalue weighted by Gasteiger charge is -2.30. The smallest absolute Gasteiger partial charge is 0.320 e. The minimum atomic E-state index is -3.31. The van der Waals surface area contributed by atoms with Gasteiger partial charge >= 0.3 is 12.5 Å². The number of hydrogen-bond acceptors (Lipinski definition) is 5. The van der Waals surface area contributed by atoms with Gasteiger partial charge in [-0.25, -0.2) is 17.7 Å². The van der Waals surface area contributed by atoms with Crippen LogP contribution in [0.15, 0.2) is 24.3 Å². The molecule has 0 aliphatic carbocycles. The van der Waals surface area contributed by atoms with Gasteiger partial charge in [-0.2, -0.15) is 8.78 Å². The molecular weight excluding hydrogens is 416 g/mol. The van der Waals surface area contributed by atoms with E-state index in [2.05, 4.69) is 4.98 Å². The molecular formula is C20H27F2N3O4S. The topological polar surface area (TPSA) is 81.5 Å². The van der Waals surface area contributed by atoms with Crippen LogP contribution in [0.3, 0.4) is 0 Å². The summed E-state index contributed by atoms with van der Waals surface area (Å²) in [7, 11) is -3.31. The lowest BCUT2D eigenvalue weighted by Crippen LogP contribution is -2.41. The zero-order valence-corrected chi connectivity index (χ0v) is 17.9. The Hall–Kier alpha value is -2.07. The second kappa shape index (κ2) is 9.38. The number of rotatable bonds is 8. The number of alkyl halides is 2. The first-order valence-electron chi connectivity index (χ1n) is 10.2. The van der Waals surface area contributed by atoms with Gasteiger partial charge in [0.05, 0.1) is 22.7 Å². The molecule has 1 aromatic carbocycles. The van der Waals surface area contributed by atoms with E-state index in [9.17, 15) is 22.0 Å². The average Bonchev–Trinajstić information content (AvgIpc) is 3.12. The van der Waals surface area contributed by atoms with Crippen molar-refractivity contribution in [3.63, 3.8) is 0 Å². The van der Waals surface area contributed by atoms with Gasteiger partial charge in [-0.1, -0.05) is 25.5 Å². The van der Waals surface area contributed by atoms with E-state index in [1.807, 2.05) is 6.92 Å². The van der Waals surface area contributed by atoms with Crippen molar-refractivity contribution < 1.29 is 26.7 Å². The molecule has 7 nitrogen and oxygen atoms in total. The molecule has 0 radical (unpaired) electrons. The van der Waals surface area contributed by atoms with Crippen LogP contribution in [0.2, 0.25) is 0 Å². The van der Waals surface area contributed by atoms with Crippen LogP contribution in [0.1, 0.15) is 58.0 Å². The number of carbonyl (C=O) groups is 1. The van der Waals surface area contributed by atoms with Gasteiger partial charge in [0.2, 0.25) is 10.0 Å². The lowest BCUT2D eigenvalue weighted by atomic mass is 9.98. The van der Waals surface area contributed by atoms with Crippen molar-refractivity contribution in [1.82, 2.24) is 13.9 Å². The fourth-order valence-electron chi connectivity index (χ4n) is 3.70. The summed E-state index contributed by atoms with van der Waals surface area (Å²) in [6.45, 7) is 1.15. The number of nitrogens with zero attached hydrogens (tertiary/aromatic N) is 3. The van der Waals surface area contributed by atoms with E-state index in [-0.39, 0.29) is 30.2 Å². The van der Waals surface area contributed by atoms with Crippen molar-refractivity contribution in [2.24, 2.45) is 5.92 Å². The van der Waals surface area contributed by atoms with Crippen LogP contribution in [0.5, 0.6) is 0 Å². The number of esters is 1. The summed E-state index contributed by atoms with van der Waals surface area (Å²) >= 11 is 0. The first-order valence-corrected chi connectivity index (χ1v) is 11.8. The van der Waals surface area contributed by atoms with Crippen molar-refractivity contribution in [1.29, 1.82) is 0 Å². The van der Waals surface area contributed by atoms with Crippen molar-refractivity contribution in [3.05, 3.63) is 30.1 Å². The van der Waals surface area contributed by atoms with E-state index < -0.39 is 34.6 Å². The van der Waals surface area contributed by atoms with E-state index in [1.165, 1.54) is 11.2 Å². The Labute approximate surface area is 175 Å². The zero-order valence-electron chi connectivity index (χ0n) is 17.1. The molecule has 1 unspecified atom stereocenters. The number of benzene rings is 1. The number of piperidine rings is 1. The van der Waals surface area contributed by atoms with Gasteiger partial charge in [0.1, 0.15) is 0 Å². The third-order valence-corrected chi connectivity index (χ3v) is 7.37. The van der Waals surface area contributed by atoms with E-state index in [1.54, 1.807) is 24.3 Å². The molecule has 0 bridgehead atoms. The van der Waals surface area contributed by atoms with Crippen LogP contribution in [-0.2, 0) is 19.6 Å². The van der Waals surface area contributed by atoms with Crippen molar-refractivity contribution in [2.45, 2.75) is 52.2 Å². The summed E-state index contributed by atoms with van der Waals surface area (Å²) in [5, 5.41) is 0. The molecule has 1 saturated heterocycles. The monoisotopic (exact) mass is 443 g/mol. The molecule has 0 N–H and O–H groups in total. The Morgan fingerprint density at radius 2 is 1.93 bits per heavy atom. The summed E-state index contributed by atoms with van der Waals surface area (Å²) in [6.07, 6.45) is 1.14. The highest BCUT2D eigenvalue weighted by atomic mass is 32.2. The Bertz CT molecular complexity index is 985. The number of para-hydroxylation sites is 2. The maximum atomic E-state index is 13.6. The molecule has 166 valence electrons. The van der Waals surface area contributed by atoms with E-state index >= 15 is 0 Å². The summed E-state index contributed by atoms with van der Waals surface area (Å²) in [6, 6.07) is 6.52. The van der Waals surface area contributed by atoms with Gasteiger partial charge in [-0.15, -0.1) is 0 Å². The van der Waals surface area contributed by atoms with Gasteiger partial charge in [-0.3, -0.25) is 9.36 Å². The number of halogens is 2.